The van der Waals surface area contributed by atoms with Crippen molar-refractivity contribution in [2.45, 2.75) is 23.7 Å². The molecular weight excluding hydrogens is 326 g/mol. The molecule has 0 aliphatic carbocycles. The minimum Gasteiger partial charge on any atom is -0.359 e. The van der Waals surface area contributed by atoms with Gasteiger partial charge >= 0.3 is 0 Å². The van der Waals surface area contributed by atoms with Gasteiger partial charge in [0, 0.05) is 23.4 Å². The average Bonchev–Trinajstić information content (AvgIpc) is 2.61. The molecule has 2 aromatic carbocycles. The van der Waals surface area contributed by atoms with Gasteiger partial charge in [-0.2, -0.15) is 0 Å². The summed E-state index contributed by atoms with van der Waals surface area (Å²) < 4.78 is 6.47. The van der Waals surface area contributed by atoms with Crippen molar-refractivity contribution in [3.63, 3.8) is 0 Å². The molecule has 2 aliphatic rings. The number of nitrogens with zero attached hydrogens (tertiary/aromatic N) is 1. The van der Waals surface area contributed by atoms with Gasteiger partial charge in [-0.1, -0.05) is 41.9 Å². The van der Waals surface area contributed by atoms with Crippen molar-refractivity contribution in [2.75, 3.05) is 12.4 Å². The van der Waals surface area contributed by atoms with Crippen LogP contribution in [0.15, 0.2) is 53.5 Å². The number of aliphatic imine (C=N–C) groups is 1. The van der Waals surface area contributed by atoms with Crippen LogP contribution in [0, 0.1) is 0 Å². The van der Waals surface area contributed by atoms with Crippen LogP contribution in [0.2, 0.25) is 5.02 Å². The van der Waals surface area contributed by atoms with E-state index in [1.165, 1.54) is 5.56 Å². The lowest BCUT2D eigenvalue weighted by molar-refractivity contribution is -0.0162. The molecule has 0 radical (unpaired) electrons. The number of benzene rings is 2. The SMILES string of the molecule is C[C@]1(c2ccccc2)C=Nc2ccc(Cl)cc2[C@]12OCCCS2. The average molecular weight is 344 g/mol. The highest BCUT2D eigenvalue weighted by molar-refractivity contribution is 8.00. The lowest BCUT2D eigenvalue weighted by Crippen LogP contribution is -2.51. The summed E-state index contributed by atoms with van der Waals surface area (Å²) in [6.45, 7) is 2.98. The first kappa shape index (κ1) is 15.3. The first-order chi connectivity index (χ1) is 11.2. The van der Waals surface area contributed by atoms with E-state index < -0.39 is 4.93 Å². The van der Waals surface area contributed by atoms with Crippen LogP contribution >= 0.6 is 23.4 Å². The first-order valence-corrected chi connectivity index (χ1v) is 9.21. The maximum Gasteiger partial charge on any atom is 0.155 e. The molecular formula is C19H18ClNOS. The Hall–Kier alpha value is -1.29. The van der Waals surface area contributed by atoms with Crippen LogP contribution in [0.5, 0.6) is 0 Å². The minimum atomic E-state index is -0.478. The summed E-state index contributed by atoms with van der Waals surface area (Å²) in [7, 11) is 0. The van der Waals surface area contributed by atoms with Crippen LogP contribution in [-0.4, -0.2) is 18.6 Å². The van der Waals surface area contributed by atoms with Crippen LogP contribution in [0.1, 0.15) is 24.5 Å². The van der Waals surface area contributed by atoms with Gasteiger partial charge in [-0.15, -0.1) is 11.8 Å². The molecule has 2 heterocycles. The number of halogens is 1. The van der Waals surface area contributed by atoms with Crippen LogP contribution < -0.4 is 0 Å². The van der Waals surface area contributed by atoms with Crippen LogP contribution in [0.4, 0.5) is 5.69 Å². The normalized spacial score (nSPS) is 29.5. The summed E-state index contributed by atoms with van der Waals surface area (Å²) in [4.78, 5) is 4.26. The van der Waals surface area contributed by atoms with Crippen molar-refractivity contribution < 1.29 is 4.74 Å². The van der Waals surface area contributed by atoms with Crippen molar-refractivity contribution in [2.24, 2.45) is 4.99 Å². The molecule has 0 aromatic heterocycles. The Balaban J connectivity index is 1.97. The highest BCUT2D eigenvalue weighted by Crippen LogP contribution is 2.58. The second-order valence-corrected chi connectivity index (χ2v) is 7.86. The number of hydrogen-bond donors (Lipinski definition) is 0. The molecule has 2 aromatic rings. The zero-order chi connectivity index (χ0) is 15.9. The maximum atomic E-state index is 6.47. The molecule has 23 heavy (non-hydrogen) atoms. The monoisotopic (exact) mass is 343 g/mol. The van der Waals surface area contributed by atoms with E-state index >= 15 is 0 Å². The van der Waals surface area contributed by atoms with Gasteiger partial charge in [-0.3, -0.25) is 4.99 Å². The molecule has 118 valence electrons. The Morgan fingerprint density at radius 3 is 2.74 bits per heavy atom. The van der Waals surface area contributed by atoms with E-state index in [0.29, 0.717) is 0 Å². The highest BCUT2D eigenvalue weighted by Gasteiger charge is 2.55. The zero-order valence-electron chi connectivity index (χ0n) is 13.0. The van der Waals surface area contributed by atoms with Gasteiger partial charge in [0.25, 0.3) is 0 Å². The Labute approximate surface area is 145 Å². The van der Waals surface area contributed by atoms with E-state index in [0.717, 1.165) is 35.1 Å². The molecule has 0 amide bonds. The Morgan fingerprint density at radius 2 is 2.00 bits per heavy atom. The van der Waals surface area contributed by atoms with Crippen LogP contribution in [0.25, 0.3) is 0 Å². The second kappa shape index (κ2) is 5.66. The number of fused-ring (bicyclic) bond motifs is 2. The number of rotatable bonds is 1. The summed E-state index contributed by atoms with van der Waals surface area (Å²) >= 11 is 8.17. The Bertz CT molecular complexity index is 755. The summed E-state index contributed by atoms with van der Waals surface area (Å²) in [5.41, 5.74) is 2.92. The molecule has 0 N–H and O–H groups in total. The van der Waals surface area contributed by atoms with Gasteiger partial charge in [-0.25, -0.2) is 0 Å². The lowest BCUT2D eigenvalue weighted by atomic mass is 9.73. The molecule has 2 aliphatic heterocycles. The number of hydrogen-bond acceptors (Lipinski definition) is 3. The standard InChI is InChI=1S/C19H18ClNOS/c1-18(14-6-3-2-4-7-14)13-21-17-9-8-15(20)12-16(17)19(18)22-10-5-11-23-19/h2-4,6-9,12-13H,5,10-11H2,1H3/t18-,19-/m1/s1. The smallest absolute Gasteiger partial charge is 0.155 e. The van der Waals surface area contributed by atoms with E-state index in [9.17, 15) is 0 Å². The molecule has 2 atom stereocenters. The van der Waals surface area contributed by atoms with Gasteiger partial charge in [0.15, 0.2) is 4.93 Å². The van der Waals surface area contributed by atoms with Gasteiger partial charge in [0.05, 0.1) is 11.1 Å². The Morgan fingerprint density at radius 1 is 1.17 bits per heavy atom. The molecule has 4 heteroatoms. The quantitative estimate of drug-likeness (QED) is 0.698. The summed E-state index contributed by atoms with van der Waals surface area (Å²) in [6, 6.07) is 16.4. The van der Waals surface area contributed by atoms with E-state index in [-0.39, 0.29) is 5.41 Å². The lowest BCUT2D eigenvalue weighted by Gasteiger charge is -2.50. The molecule has 2 nitrogen and oxygen atoms in total. The topological polar surface area (TPSA) is 21.6 Å². The molecule has 4 rings (SSSR count). The molecule has 1 spiro atoms. The number of thioether (sulfide) groups is 1. The van der Waals surface area contributed by atoms with Gasteiger partial charge < -0.3 is 4.74 Å². The van der Waals surface area contributed by atoms with E-state index in [4.69, 9.17) is 21.3 Å². The third kappa shape index (κ3) is 2.25. The fourth-order valence-corrected chi connectivity index (χ4v) is 5.16. The Kier molecular flexibility index (Phi) is 3.75. The molecule has 1 fully saturated rings. The predicted octanol–water partition coefficient (Wildman–Crippen LogP) is 5.32. The van der Waals surface area contributed by atoms with Crippen molar-refractivity contribution in [3.05, 3.63) is 64.7 Å². The largest absolute Gasteiger partial charge is 0.359 e. The molecule has 1 saturated heterocycles. The van der Waals surface area contributed by atoms with Gasteiger partial charge in [0.1, 0.15) is 0 Å². The predicted molar refractivity (Wildman–Crippen MR) is 98.1 cm³/mol. The van der Waals surface area contributed by atoms with Crippen molar-refractivity contribution in [3.8, 4) is 0 Å². The maximum absolute atomic E-state index is 6.47. The third-order valence-electron chi connectivity index (χ3n) is 4.73. The van der Waals surface area contributed by atoms with E-state index in [2.05, 4.69) is 37.4 Å². The minimum absolute atomic E-state index is 0.336. The summed E-state index contributed by atoms with van der Waals surface area (Å²) in [6.07, 6.45) is 3.13. The van der Waals surface area contributed by atoms with E-state index in [1.54, 1.807) is 0 Å². The molecule has 0 saturated carbocycles. The van der Waals surface area contributed by atoms with Crippen LogP contribution in [0.3, 0.4) is 0 Å². The third-order valence-corrected chi connectivity index (χ3v) is 6.63. The van der Waals surface area contributed by atoms with Crippen molar-refractivity contribution in [1.29, 1.82) is 0 Å². The highest BCUT2D eigenvalue weighted by atomic mass is 35.5. The molecule has 0 unspecified atom stereocenters. The fourth-order valence-electron chi connectivity index (χ4n) is 3.48. The van der Waals surface area contributed by atoms with E-state index in [1.807, 2.05) is 36.0 Å². The number of ether oxygens (including phenoxy) is 1. The fraction of sp³-hybridized carbons (Fsp3) is 0.316. The zero-order valence-corrected chi connectivity index (χ0v) is 14.5. The first-order valence-electron chi connectivity index (χ1n) is 7.84. The van der Waals surface area contributed by atoms with Gasteiger partial charge in [-0.05, 0) is 42.9 Å². The summed E-state index contributed by atoms with van der Waals surface area (Å²) in [5, 5.41) is 0.727. The second-order valence-electron chi connectivity index (χ2n) is 6.16. The van der Waals surface area contributed by atoms with Crippen molar-refractivity contribution >= 4 is 35.3 Å². The molecule has 0 bridgehead atoms. The van der Waals surface area contributed by atoms with Gasteiger partial charge in [0.2, 0.25) is 0 Å². The van der Waals surface area contributed by atoms with Crippen molar-refractivity contribution in [1.82, 2.24) is 0 Å². The van der Waals surface area contributed by atoms with Crippen LogP contribution in [-0.2, 0) is 15.1 Å². The summed E-state index contributed by atoms with van der Waals surface area (Å²) in [5.74, 6) is 1.07.